The molecule has 0 radical (unpaired) electrons. The van der Waals surface area contributed by atoms with Gasteiger partial charge < -0.3 is 10.6 Å². The van der Waals surface area contributed by atoms with Crippen LogP contribution in [0.2, 0.25) is 0 Å². The van der Waals surface area contributed by atoms with Gasteiger partial charge in [-0.3, -0.25) is 4.98 Å². The topological polar surface area (TPSA) is 86.5 Å². The van der Waals surface area contributed by atoms with Crippen LogP contribution < -0.4 is 10.6 Å². The van der Waals surface area contributed by atoms with Gasteiger partial charge in [-0.2, -0.15) is 5.26 Å². The minimum absolute atomic E-state index is 0.221. The zero-order chi connectivity index (χ0) is 12.6. The van der Waals surface area contributed by atoms with Crippen molar-refractivity contribution in [2.45, 2.75) is 6.54 Å². The lowest BCUT2D eigenvalue weighted by molar-refractivity contribution is 1.06. The fraction of sp³-hybridized carbons (Fsp3) is 0.167. The van der Waals surface area contributed by atoms with Crippen LogP contribution in [0.3, 0.4) is 0 Å². The average molecular weight is 240 g/mol. The second-order valence-corrected chi connectivity index (χ2v) is 3.51. The van der Waals surface area contributed by atoms with Crippen LogP contribution >= 0.6 is 0 Å². The molecular formula is C12H12N6. The molecule has 0 amide bonds. The van der Waals surface area contributed by atoms with E-state index in [1.807, 2.05) is 18.2 Å². The van der Waals surface area contributed by atoms with Crippen molar-refractivity contribution in [2.24, 2.45) is 0 Å². The van der Waals surface area contributed by atoms with E-state index in [4.69, 9.17) is 5.26 Å². The first-order valence-corrected chi connectivity index (χ1v) is 5.44. The molecule has 2 aromatic heterocycles. The van der Waals surface area contributed by atoms with Crippen LogP contribution in [0.15, 0.2) is 36.9 Å². The smallest absolute Gasteiger partial charge is 0.132 e. The van der Waals surface area contributed by atoms with Crippen molar-refractivity contribution in [3.05, 3.63) is 42.5 Å². The molecule has 0 spiro atoms. The lowest BCUT2D eigenvalue weighted by Crippen LogP contribution is -2.05. The number of aromatic nitrogens is 3. The van der Waals surface area contributed by atoms with Crippen LogP contribution in [0, 0.1) is 11.3 Å². The maximum atomic E-state index is 8.47. The van der Waals surface area contributed by atoms with Gasteiger partial charge in [0.15, 0.2) is 0 Å². The monoisotopic (exact) mass is 240 g/mol. The summed E-state index contributed by atoms with van der Waals surface area (Å²) in [6, 6.07) is 7.62. The SMILES string of the molecule is N#CCNc1cc(NCc2cccnc2)ncn1. The van der Waals surface area contributed by atoms with Crippen molar-refractivity contribution in [2.75, 3.05) is 17.2 Å². The molecule has 0 aliphatic heterocycles. The van der Waals surface area contributed by atoms with Gasteiger partial charge >= 0.3 is 0 Å². The van der Waals surface area contributed by atoms with Gasteiger partial charge in [0.25, 0.3) is 0 Å². The Morgan fingerprint density at radius 3 is 2.78 bits per heavy atom. The number of pyridine rings is 1. The highest BCUT2D eigenvalue weighted by molar-refractivity contribution is 5.47. The van der Waals surface area contributed by atoms with Gasteiger partial charge in [-0.05, 0) is 11.6 Å². The van der Waals surface area contributed by atoms with E-state index in [1.54, 1.807) is 18.5 Å². The Bertz CT molecular complexity index is 534. The number of nitrogens with one attached hydrogen (secondary N) is 2. The predicted molar refractivity (Wildman–Crippen MR) is 67.7 cm³/mol. The van der Waals surface area contributed by atoms with E-state index in [1.165, 1.54) is 6.33 Å². The second kappa shape index (κ2) is 6.15. The lowest BCUT2D eigenvalue weighted by Gasteiger charge is -2.06. The molecular weight excluding hydrogens is 228 g/mol. The molecule has 0 aliphatic carbocycles. The van der Waals surface area contributed by atoms with Gasteiger partial charge in [-0.15, -0.1) is 0 Å². The fourth-order valence-corrected chi connectivity index (χ4v) is 1.38. The molecule has 2 aromatic rings. The molecule has 0 aliphatic rings. The molecule has 0 unspecified atom stereocenters. The van der Waals surface area contributed by atoms with E-state index in [9.17, 15) is 0 Å². The molecule has 6 nitrogen and oxygen atoms in total. The number of hydrogen-bond donors (Lipinski definition) is 2. The molecule has 0 saturated heterocycles. The lowest BCUT2D eigenvalue weighted by atomic mass is 10.3. The van der Waals surface area contributed by atoms with Crippen molar-refractivity contribution >= 4 is 11.6 Å². The van der Waals surface area contributed by atoms with E-state index in [-0.39, 0.29) is 6.54 Å². The summed E-state index contributed by atoms with van der Waals surface area (Å²) in [4.78, 5) is 12.1. The molecule has 0 atom stereocenters. The van der Waals surface area contributed by atoms with Gasteiger partial charge in [0.1, 0.15) is 24.5 Å². The normalized spacial score (nSPS) is 9.50. The van der Waals surface area contributed by atoms with Gasteiger partial charge in [0.05, 0.1) is 6.07 Å². The van der Waals surface area contributed by atoms with E-state index in [0.29, 0.717) is 18.2 Å². The second-order valence-electron chi connectivity index (χ2n) is 3.51. The molecule has 6 heteroatoms. The molecule has 0 aromatic carbocycles. The average Bonchev–Trinajstić information content (AvgIpc) is 2.44. The van der Waals surface area contributed by atoms with Gasteiger partial charge in [0, 0.05) is 25.0 Å². The van der Waals surface area contributed by atoms with Crippen LogP contribution in [0.5, 0.6) is 0 Å². The zero-order valence-corrected chi connectivity index (χ0v) is 9.67. The minimum atomic E-state index is 0.221. The molecule has 0 fully saturated rings. The third-order valence-corrected chi connectivity index (χ3v) is 2.21. The van der Waals surface area contributed by atoms with Crippen LogP contribution in [0.1, 0.15) is 5.56 Å². The Hall–Kier alpha value is -2.68. The number of nitrogens with zero attached hydrogens (tertiary/aromatic N) is 4. The van der Waals surface area contributed by atoms with E-state index in [2.05, 4.69) is 25.6 Å². The molecule has 2 heterocycles. The van der Waals surface area contributed by atoms with Crippen molar-refractivity contribution in [1.82, 2.24) is 15.0 Å². The number of hydrogen-bond acceptors (Lipinski definition) is 6. The van der Waals surface area contributed by atoms with Crippen molar-refractivity contribution in [1.29, 1.82) is 5.26 Å². The molecule has 0 saturated carbocycles. The summed E-state index contributed by atoms with van der Waals surface area (Å²) in [5.74, 6) is 1.33. The maximum Gasteiger partial charge on any atom is 0.132 e. The van der Waals surface area contributed by atoms with Gasteiger partial charge in [-0.25, -0.2) is 9.97 Å². The summed E-state index contributed by atoms with van der Waals surface area (Å²) in [6.45, 7) is 0.863. The van der Waals surface area contributed by atoms with Gasteiger partial charge in [-0.1, -0.05) is 6.07 Å². The summed E-state index contributed by atoms with van der Waals surface area (Å²) < 4.78 is 0. The van der Waals surface area contributed by atoms with Crippen molar-refractivity contribution in [3.63, 3.8) is 0 Å². The van der Waals surface area contributed by atoms with Crippen molar-refractivity contribution < 1.29 is 0 Å². The largest absolute Gasteiger partial charge is 0.366 e. The van der Waals surface area contributed by atoms with Crippen LogP contribution in [0.4, 0.5) is 11.6 Å². The summed E-state index contributed by atoms with van der Waals surface area (Å²) in [7, 11) is 0. The first kappa shape index (κ1) is 11.8. The minimum Gasteiger partial charge on any atom is -0.366 e. The summed E-state index contributed by atoms with van der Waals surface area (Å²) >= 11 is 0. The summed E-state index contributed by atoms with van der Waals surface area (Å²) in [5.41, 5.74) is 1.07. The summed E-state index contributed by atoms with van der Waals surface area (Å²) in [6.07, 6.45) is 4.98. The quantitative estimate of drug-likeness (QED) is 0.768. The first-order valence-electron chi connectivity index (χ1n) is 5.44. The predicted octanol–water partition coefficient (Wildman–Crippen LogP) is 1.42. The Labute approximate surface area is 105 Å². The fourth-order valence-electron chi connectivity index (χ4n) is 1.38. The third-order valence-electron chi connectivity index (χ3n) is 2.21. The van der Waals surface area contributed by atoms with Crippen LogP contribution in [0.25, 0.3) is 0 Å². The Kier molecular flexibility index (Phi) is 4.03. The first-order chi connectivity index (χ1) is 8.88. The van der Waals surface area contributed by atoms with Crippen LogP contribution in [-0.2, 0) is 6.54 Å². The highest BCUT2D eigenvalue weighted by atomic mass is 15.1. The Morgan fingerprint density at radius 2 is 2.06 bits per heavy atom. The molecule has 90 valence electrons. The van der Waals surface area contributed by atoms with E-state index >= 15 is 0 Å². The number of anilines is 2. The highest BCUT2D eigenvalue weighted by Crippen LogP contribution is 2.09. The standard InChI is InChI=1S/C12H12N6/c13-3-5-15-11-6-12(18-9-17-11)16-8-10-2-1-4-14-7-10/h1-2,4,6-7,9H,5,8H2,(H2,15,16,17,18). The number of rotatable bonds is 5. The maximum absolute atomic E-state index is 8.47. The Balaban J connectivity index is 1.95. The molecule has 18 heavy (non-hydrogen) atoms. The van der Waals surface area contributed by atoms with Gasteiger partial charge in [0.2, 0.25) is 0 Å². The van der Waals surface area contributed by atoms with E-state index in [0.717, 1.165) is 5.56 Å². The van der Waals surface area contributed by atoms with Crippen LogP contribution in [-0.4, -0.2) is 21.5 Å². The highest BCUT2D eigenvalue weighted by Gasteiger charge is 1.98. The molecule has 2 rings (SSSR count). The van der Waals surface area contributed by atoms with E-state index < -0.39 is 0 Å². The summed E-state index contributed by atoms with van der Waals surface area (Å²) in [5, 5.41) is 14.5. The Morgan fingerprint density at radius 1 is 1.22 bits per heavy atom. The number of nitriles is 1. The zero-order valence-electron chi connectivity index (χ0n) is 9.67. The molecule has 2 N–H and O–H groups in total. The van der Waals surface area contributed by atoms with Crippen molar-refractivity contribution in [3.8, 4) is 6.07 Å². The third kappa shape index (κ3) is 3.42. The molecule has 0 bridgehead atoms.